The number of rotatable bonds is 2. The zero-order chi connectivity index (χ0) is 16.0. The zero-order valence-corrected chi connectivity index (χ0v) is 13.3. The molecule has 1 unspecified atom stereocenters. The highest BCUT2D eigenvalue weighted by Crippen LogP contribution is 2.56. The van der Waals surface area contributed by atoms with Crippen LogP contribution in [0.25, 0.3) is 0 Å². The van der Waals surface area contributed by atoms with Gasteiger partial charge < -0.3 is 14.9 Å². The van der Waals surface area contributed by atoms with E-state index in [0.717, 1.165) is 29.7 Å². The summed E-state index contributed by atoms with van der Waals surface area (Å²) in [4.78, 5) is 0. The molecule has 0 spiro atoms. The van der Waals surface area contributed by atoms with Crippen molar-refractivity contribution in [2.24, 2.45) is 11.8 Å². The fraction of sp³-hybridized carbons (Fsp3) is 0.400. The summed E-state index contributed by atoms with van der Waals surface area (Å²) in [6.45, 7) is 2.25. The standard InChI is InChI=1S/C20H22O3/c1-2-12-9-16-17-11-15(22)7-8-19(17)23-20(18(16)10-12)13-3-5-14(21)6-4-13/h3-8,11-12,16,18,20-22H,2,9-10H2,1H3/t12-,16-,18-,20?/m0/s1. The van der Waals surface area contributed by atoms with Crippen LogP contribution in [0.4, 0.5) is 0 Å². The fourth-order valence-corrected chi connectivity index (χ4v) is 4.34. The molecule has 1 aliphatic carbocycles. The minimum atomic E-state index is 0.0224. The van der Waals surface area contributed by atoms with Crippen LogP contribution in [-0.4, -0.2) is 10.2 Å². The van der Waals surface area contributed by atoms with E-state index >= 15 is 0 Å². The minimum Gasteiger partial charge on any atom is -0.508 e. The van der Waals surface area contributed by atoms with Crippen molar-refractivity contribution < 1.29 is 14.9 Å². The van der Waals surface area contributed by atoms with E-state index in [1.807, 2.05) is 24.3 Å². The van der Waals surface area contributed by atoms with Gasteiger partial charge in [0.1, 0.15) is 23.4 Å². The maximum absolute atomic E-state index is 9.86. The normalized spacial score (nSPS) is 28.7. The molecule has 4 rings (SSSR count). The Hall–Kier alpha value is -2.16. The first kappa shape index (κ1) is 14.4. The van der Waals surface area contributed by atoms with E-state index in [4.69, 9.17) is 4.74 Å². The van der Waals surface area contributed by atoms with Crippen LogP contribution in [0.3, 0.4) is 0 Å². The van der Waals surface area contributed by atoms with Gasteiger partial charge in [-0.3, -0.25) is 0 Å². The number of benzene rings is 2. The lowest BCUT2D eigenvalue weighted by Crippen LogP contribution is -2.26. The van der Waals surface area contributed by atoms with Gasteiger partial charge in [0.05, 0.1) is 0 Å². The molecule has 1 fully saturated rings. The maximum atomic E-state index is 9.86. The molecule has 1 heterocycles. The largest absolute Gasteiger partial charge is 0.508 e. The lowest BCUT2D eigenvalue weighted by atomic mass is 9.80. The molecule has 120 valence electrons. The van der Waals surface area contributed by atoms with Gasteiger partial charge in [0, 0.05) is 11.5 Å². The van der Waals surface area contributed by atoms with Crippen molar-refractivity contribution in [2.75, 3.05) is 0 Å². The molecule has 4 atom stereocenters. The van der Waals surface area contributed by atoms with Crippen LogP contribution in [0.15, 0.2) is 42.5 Å². The fourth-order valence-electron chi connectivity index (χ4n) is 4.34. The van der Waals surface area contributed by atoms with Crippen LogP contribution in [0.5, 0.6) is 17.2 Å². The third-order valence-electron chi connectivity index (χ3n) is 5.54. The van der Waals surface area contributed by atoms with Crippen molar-refractivity contribution in [1.29, 1.82) is 0 Å². The van der Waals surface area contributed by atoms with E-state index in [2.05, 4.69) is 6.92 Å². The summed E-state index contributed by atoms with van der Waals surface area (Å²) < 4.78 is 6.33. The molecule has 2 aliphatic rings. The SMILES string of the molecule is CC[C@@H]1C[C@@H]2C(c3ccc(O)cc3)Oc3ccc(O)cc3[C@@H]2C1. The van der Waals surface area contributed by atoms with Crippen molar-refractivity contribution >= 4 is 0 Å². The van der Waals surface area contributed by atoms with Gasteiger partial charge in [-0.1, -0.05) is 25.5 Å². The third kappa shape index (κ3) is 2.44. The van der Waals surface area contributed by atoms with Crippen LogP contribution in [0.1, 0.15) is 49.3 Å². The lowest BCUT2D eigenvalue weighted by Gasteiger charge is -2.36. The van der Waals surface area contributed by atoms with E-state index in [-0.39, 0.29) is 11.9 Å². The van der Waals surface area contributed by atoms with Gasteiger partial charge in [0.15, 0.2) is 0 Å². The van der Waals surface area contributed by atoms with Crippen LogP contribution in [0.2, 0.25) is 0 Å². The van der Waals surface area contributed by atoms with Gasteiger partial charge in [-0.25, -0.2) is 0 Å². The molecule has 0 saturated heterocycles. The summed E-state index contributed by atoms with van der Waals surface area (Å²) in [7, 11) is 0. The molecule has 2 aromatic carbocycles. The van der Waals surface area contributed by atoms with Gasteiger partial charge >= 0.3 is 0 Å². The Morgan fingerprint density at radius 3 is 2.48 bits per heavy atom. The summed E-state index contributed by atoms with van der Waals surface area (Å²) in [5.41, 5.74) is 2.27. The first-order valence-corrected chi connectivity index (χ1v) is 8.44. The highest BCUT2D eigenvalue weighted by atomic mass is 16.5. The maximum Gasteiger partial charge on any atom is 0.127 e. The van der Waals surface area contributed by atoms with Crippen molar-refractivity contribution in [1.82, 2.24) is 0 Å². The van der Waals surface area contributed by atoms with E-state index < -0.39 is 0 Å². The first-order chi connectivity index (χ1) is 11.2. The second-order valence-corrected chi connectivity index (χ2v) is 6.87. The van der Waals surface area contributed by atoms with Gasteiger partial charge in [-0.15, -0.1) is 0 Å². The molecule has 23 heavy (non-hydrogen) atoms. The van der Waals surface area contributed by atoms with Crippen molar-refractivity contribution in [2.45, 2.75) is 38.2 Å². The Balaban J connectivity index is 1.76. The number of phenols is 2. The molecule has 2 N–H and O–H groups in total. The monoisotopic (exact) mass is 310 g/mol. The number of ether oxygens (including phenoxy) is 1. The molecule has 0 amide bonds. The smallest absolute Gasteiger partial charge is 0.127 e. The topological polar surface area (TPSA) is 49.7 Å². The van der Waals surface area contributed by atoms with Crippen LogP contribution >= 0.6 is 0 Å². The average Bonchev–Trinajstić information content (AvgIpc) is 3.00. The number of aromatic hydroxyl groups is 2. The van der Waals surface area contributed by atoms with Crippen molar-refractivity contribution in [3.05, 3.63) is 53.6 Å². The zero-order valence-electron chi connectivity index (χ0n) is 13.3. The number of fused-ring (bicyclic) bond motifs is 3. The van der Waals surface area contributed by atoms with Crippen molar-refractivity contribution in [3.63, 3.8) is 0 Å². The van der Waals surface area contributed by atoms with Crippen LogP contribution in [-0.2, 0) is 0 Å². The summed E-state index contributed by atoms with van der Waals surface area (Å²) in [5.74, 6) is 3.06. The Bertz CT molecular complexity index is 707. The van der Waals surface area contributed by atoms with Crippen LogP contribution < -0.4 is 4.74 Å². The Kier molecular flexibility index (Phi) is 3.44. The summed E-state index contributed by atoms with van der Waals surface area (Å²) >= 11 is 0. The van der Waals surface area contributed by atoms with E-state index in [1.54, 1.807) is 18.2 Å². The summed E-state index contributed by atoms with van der Waals surface area (Å²) in [6, 6.07) is 12.8. The van der Waals surface area contributed by atoms with E-state index in [9.17, 15) is 10.2 Å². The molecule has 0 aromatic heterocycles. The Labute approximate surface area is 136 Å². The second kappa shape index (κ2) is 5.48. The molecule has 0 bridgehead atoms. The lowest BCUT2D eigenvalue weighted by molar-refractivity contribution is 0.103. The average molecular weight is 310 g/mol. The third-order valence-corrected chi connectivity index (χ3v) is 5.54. The molecular weight excluding hydrogens is 288 g/mol. The molecule has 3 heteroatoms. The highest BCUT2D eigenvalue weighted by molar-refractivity contribution is 5.46. The van der Waals surface area contributed by atoms with Crippen LogP contribution in [0, 0.1) is 11.8 Å². The number of phenolic OH excluding ortho intramolecular Hbond substituents is 2. The minimum absolute atomic E-state index is 0.0224. The van der Waals surface area contributed by atoms with Gasteiger partial charge in [0.2, 0.25) is 0 Å². The predicted octanol–water partition coefficient (Wildman–Crippen LogP) is 4.75. The summed E-state index contributed by atoms with van der Waals surface area (Å²) in [5, 5.41) is 19.4. The molecule has 2 aromatic rings. The predicted molar refractivity (Wildman–Crippen MR) is 88.8 cm³/mol. The molecule has 0 radical (unpaired) electrons. The molecule has 1 saturated carbocycles. The Morgan fingerprint density at radius 1 is 1.00 bits per heavy atom. The summed E-state index contributed by atoms with van der Waals surface area (Å²) in [6.07, 6.45) is 3.52. The number of hydrogen-bond donors (Lipinski definition) is 2. The molecule has 1 aliphatic heterocycles. The first-order valence-electron chi connectivity index (χ1n) is 8.44. The van der Waals surface area contributed by atoms with Gasteiger partial charge in [-0.05, 0) is 60.6 Å². The quantitative estimate of drug-likeness (QED) is 0.841. The van der Waals surface area contributed by atoms with Gasteiger partial charge in [-0.2, -0.15) is 0 Å². The molecular formula is C20H22O3. The second-order valence-electron chi connectivity index (χ2n) is 6.87. The van der Waals surface area contributed by atoms with E-state index in [1.165, 1.54) is 6.42 Å². The Morgan fingerprint density at radius 2 is 1.74 bits per heavy atom. The molecule has 3 nitrogen and oxygen atoms in total. The van der Waals surface area contributed by atoms with Gasteiger partial charge in [0.25, 0.3) is 0 Å². The van der Waals surface area contributed by atoms with E-state index in [0.29, 0.717) is 23.5 Å². The van der Waals surface area contributed by atoms with Crippen molar-refractivity contribution in [3.8, 4) is 17.2 Å². The highest BCUT2D eigenvalue weighted by Gasteiger charge is 2.45. The number of hydrogen-bond acceptors (Lipinski definition) is 3.